The summed E-state index contributed by atoms with van der Waals surface area (Å²) < 4.78 is 2.22. The Labute approximate surface area is 165 Å². The minimum atomic E-state index is 0.0574. The van der Waals surface area contributed by atoms with Crippen LogP contribution in [0.3, 0.4) is 0 Å². The molecule has 4 rings (SSSR count). The Morgan fingerprint density at radius 2 is 1.36 bits per heavy atom. The summed E-state index contributed by atoms with van der Waals surface area (Å²) in [6.07, 6.45) is 0. The lowest BCUT2D eigenvalue weighted by Gasteiger charge is -2.22. The van der Waals surface area contributed by atoms with Gasteiger partial charge in [0.15, 0.2) is 5.43 Å². The molecule has 0 amide bonds. The number of aryl methyl sites for hydroxylation is 2. The number of hydrogen-bond acceptors (Lipinski definition) is 1. The summed E-state index contributed by atoms with van der Waals surface area (Å²) in [5.41, 5.74) is 8.17. The van der Waals surface area contributed by atoms with Gasteiger partial charge in [0.2, 0.25) is 0 Å². The SMILES string of the molecule is Cc1ccc(C)c(-c2c(C)c(=O)cc(-c3ccccc3)n2-c2ccccc2)c1. The third-order valence-corrected chi connectivity index (χ3v) is 5.19. The van der Waals surface area contributed by atoms with Crippen molar-refractivity contribution in [2.45, 2.75) is 20.8 Å². The molecule has 0 spiro atoms. The van der Waals surface area contributed by atoms with Crippen molar-refractivity contribution in [2.75, 3.05) is 0 Å². The number of hydrogen-bond donors (Lipinski definition) is 0. The minimum absolute atomic E-state index is 0.0574. The molecule has 4 aromatic rings. The van der Waals surface area contributed by atoms with Gasteiger partial charge in [-0.25, -0.2) is 0 Å². The fourth-order valence-electron chi connectivity index (χ4n) is 3.68. The average molecular weight is 365 g/mol. The summed E-state index contributed by atoms with van der Waals surface area (Å²) in [7, 11) is 0. The summed E-state index contributed by atoms with van der Waals surface area (Å²) in [6.45, 7) is 6.11. The highest BCUT2D eigenvalue weighted by molar-refractivity contribution is 5.75. The minimum Gasteiger partial charge on any atom is -0.309 e. The van der Waals surface area contributed by atoms with Crippen molar-refractivity contribution in [3.05, 3.63) is 112 Å². The van der Waals surface area contributed by atoms with E-state index in [-0.39, 0.29) is 5.43 Å². The van der Waals surface area contributed by atoms with Crippen molar-refractivity contribution in [3.8, 4) is 28.2 Å². The lowest BCUT2D eigenvalue weighted by atomic mass is 9.97. The topological polar surface area (TPSA) is 22.0 Å². The molecule has 0 radical (unpaired) electrons. The molecule has 0 aliphatic rings. The summed E-state index contributed by atoms with van der Waals surface area (Å²) in [5, 5.41) is 0. The maximum atomic E-state index is 13.0. The van der Waals surface area contributed by atoms with E-state index in [4.69, 9.17) is 0 Å². The Balaban J connectivity index is 2.18. The van der Waals surface area contributed by atoms with Crippen molar-refractivity contribution in [1.29, 1.82) is 0 Å². The van der Waals surface area contributed by atoms with Crippen LogP contribution >= 0.6 is 0 Å². The van der Waals surface area contributed by atoms with Gasteiger partial charge in [-0.05, 0) is 50.1 Å². The predicted molar refractivity (Wildman–Crippen MR) is 117 cm³/mol. The van der Waals surface area contributed by atoms with Gasteiger partial charge in [-0.2, -0.15) is 0 Å². The molecule has 0 atom stereocenters. The Bertz CT molecular complexity index is 1190. The molecule has 0 aliphatic carbocycles. The first kappa shape index (κ1) is 18.0. The Morgan fingerprint density at radius 1 is 0.714 bits per heavy atom. The average Bonchev–Trinajstić information content (AvgIpc) is 2.73. The van der Waals surface area contributed by atoms with Gasteiger partial charge in [0.1, 0.15) is 0 Å². The van der Waals surface area contributed by atoms with Crippen LogP contribution in [0.15, 0.2) is 89.7 Å². The van der Waals surface area contributed by atoms with Gasteiger partial charge >= 0.3 is 0 Å². The van der Waals surface area contributed by atoms with E-state index in [1.54, 1.807) is 6.07 Å². The van der Waals surface area contributed by atoms with E-state index in [9.17, 15) is 4.79 Å². The fraction of sp³-hybridized carbons (Fsp3) is 0.115. The molecule has 138 valence electrons. The molecule has 0 saturated heterocycles. The quantitative estimate of drug-likeness (QED) is 0.430. The van der Waals surface area contributed by atoms with Crippen molar-refractivity contribution < 1.29 is 0 Å². The Hall–Kier alpha value is -3.39. The molecule has 2 heteroatoms. The normalized spacial score (nSPS) is 10.8. The molecule has 1 heterocycles. The highest BCUT2D eigenvalue weighted by atomic mass is 16.1. The second-order valence-corrected chi connectivity index (χ2v) is 7.22. The van der Waals surface area contributed by atoms with Crippen molar-refractivity contribution in [1.82, 2.24) is 4.57 Å². The lowest BCUT2D eigenvalue weighted by molar-refractivity contribution is 1.03. The van der Waals surface area contributed by atoms with E-state index in [0.717, 1.165) is 39.3 Å². The summed E-state index contributed by atoms with van der Waals surface area (Å²) in [4.78, 5) is 13.0. The monoisotopic (exact) mass is 365 g/mol. The van der Waals surface area contributed by atoms with Gasteiger partial charge in [-0.15, -0.1) is 0 Å². The van der Waals surface area contributed by atoms with Crippen LogP contribution < -0.4 is 5.43 Å². The van der Waals surface area contributed by atoms with Crippen LogP contribution in [0.1, 0.15) is 16.7 Å². The van der Waals surface area contributed by atoms with E-state index >= 15 is 0 Å². The zero-order valence-corrected chi connectivity index (χ0v) is 16.4. The van der Waals surface area contributed by atoms with Crippen molar-refractivity contribution >= 4 is 0 Å². The zero-order valence-electron chi connectivity index (χ0n) is 16.4. The number of aromatic nitrogens is 1. The molecule has 1 aromatic heterocycles. The lowest BCUT2D eigenvalue weighted by Crippen LogP contribution is -2.16. The molecule has 0 bridgehead atoms. The zero-order chi connectivity index (χ0) is 19.7. The summed E-state index contributed by atoms with van der Waals surface area (Å²) in [5.74, 6) is 0. The molecular formula is C26H23NO. The largest absolute Gasteiger partial charge is 0.309 e. The highest BCUT2D eigenvalue weighted by Gasteiger charge is 2.18. The second-order valence-electron chi connectivity index (χ2n) is 7.22. The number of nitrogens with zero attached hydrogens (tertiary/aromatic N) is 1. The van der Waals surface area contributed by atoms with Crippen molar-refractivity contribution in [2.24, 2.45) is 0 Å². The molecule has 3 aromatic carbocycles. The molecule has 0 unspecified atom stereocenters. The van der Waals surface area contributed by atoms with Crippen LogP contribution in [0.2, 0.25) is 0 Å². The van der Waals surface area contributed by atoms with Crippen LogP contribution in [-0.2, 0) is 0 Å². The van der Waals surface area contributed by atoms with E-state index < -0.39 is 0 Å². The summed E-state index contributed by atoms with van der Waals surface area (Å²) in [6, 6.07) is 28.5. The first-order chi connectivity index (χ1) is 13.6. The third kappa shape index (κ3) is 3.18. The van der Waals surface area contributed by atoms with Crippen LogP contribution in [-0.4, -0.2) is 4.57 Å². The standard InChI is InChI=1S/C26H23NO/c1-18-14-15-19(2)23(16-18)26-20(3)25(28)17-24(21-10-6-4-7-11-21)27(26)22-12-8-5-9-13-22/h4-17H,1-3H3. The van der Waals surface area contributed by atoms with Crippen LogP contribution in [0, 0.1) is 20.8 Å². The van der Waals surface area contributed by atoms with E-state index in [1.165, 1.54) is 5.56 Å². The number of pyridine rings is 1. The van der Waals surface area contributed by atoms with Gasteiger partial charge in [0, 0.05) is 22.9 Å². The van der Waals surface area contributed by atoms with Crippen molar-refractivity contribution in [3.63, 3.8) is 0 Å². The third-order valence-electron chi connectivity index (χ3n) is 5.19. The van der Waals surface area contributed by atoms with E-state index in [0.29, 0.717) is 0 Å². The second kappa shape index (κ2) is 7.32. The molecule has 0 N–H and O–H groups in total. The Kier molecular flexibility index (Phi) is 4.70. The first-order valence-corrected chi connectivity index (χ1v) is 9.51. The van der Waals surface area contributed by atoms with Gasteiger partial charge in [-0.1, -0.05) is 66.2 Å². The van der Waals surface area contributed by atoms with Crippen LogP contribution in [0.4, 0.5) is 0 Å². The number of rotatable bonds is 3. The molecule has 0 saturated carbocycles. The molecule has 28 heavy (non-hydrogen) atoms. The van der Waals surface area contributed by atoms with Gasteiger partial charge < -0.3 is 4.57 Å². The number of para-hydroxylation sites is 1. The van der Waals surface area contributed by atoms with Crippen LogP contribution in [0.25, 0.3) is 28.2 Å². The van der Waals surface area contributed by atoms with Gasteiger partial charge in [0.05, 0.1) is 11.4 Å². The van der Waals surface area contributed by atoms with E-state index in [1.807, 2.05) is 43.3 Å². The maximum Gasteiger partial charge on any atom is 0.185 e. The molecular weight excluding hydrogens is 342 g/mol. The molecule has 0 aliphatic heterocycles. The smallest absolute Gasteiger partial charge is 0.185 e. The van der Waals surface area contributed by atoms with E-state index in [2.05, 4.69) is 60.9 Å². The number of benzene rings is 3. The van der Waals surface area contributed by atoms with Gasteiger partial charge in [0.25, 0.3) is 0 Å². The van der Waals surface area contributed by atoms with Gasteiger partial charge in [-0.3, -0.25) is 4.79 Å². The van der Waals surface area contributed by atoms with Crippen LogP contribution in [0.5, 0.6) is 0 Å². The summed E-state index contributed by atoms with van der Waals surface area (Å²) >= 11 is 0. The highest BCUT2D eigenvalue weighted by Crippen LogP contribution is 2.33. The molecule has 2 nitrogen and oxygen atoms in total. The predicted octanol–water partition coefficient (Wildman–Crippen LogP) is 6.10. The first-order valence-electron chi connectivity index (χ1n) is 9.51. The fourth-order valence-corrected chi connectivity index (χ4v) is 3.68. The molecule has 0 fully saturated rings. The Morgan fingerprint density at radius 3 is 2.04 bits per heavy atom. The maximum absolute atomic E-state index is 13.0.